The Labute approximate surface area is 148 Å². The highest BCUT2D eigenvalue weighted by Crippen LogP contribution is 2.65. The summed E-state index contributed by atoms with van der Waals surface area (Å²) in [4.78, 5) is 0. The predicted octanol–water partition coefficient (Wildman–Crippen LogP) is 5.04. The zero-order valence-corrected chi connectivity index (χ0v) is 16.3. The zero-order chi connectivity index (χ0) is 17.1. The lowest BCUT2D eigenvalue weighted by Gasteiger charge is -2.58. The monoisotopic (exact) mass is 334 g/mol. The van der Waals surface area contributed by atoms with Gasteiger partial charge in [0.25, 0.3) is 0 Å². The first-order valence-electron chi connectivity index (χ1n) is 10.7. The summed E-state index contributed by atoms with van der Waals surface area (Å²) >= 11 is 0. The second-order valence-electron chi connectivity index (χ2n) is 10.2. The fourth-order valence-corrected chi connectivity index (χ4v) is 8.15. The zero-order valence-electron chi connectivity index (χ0n) is 16.3. The van der Waals surface area contributed by atoms with Crippen molar-refractivity contribution in [1.29, 1.82) is 0 Å². The van der Waals surface area contributed by atoms with E-state index in [1.807, 2.05) is 6.92 Å². The van der Waals surface area contributed by atoms with E-state index in [9.17, 15) is 5.11 Å². The fraction of sp³-hybridized carbons (Fsp3) is 1.00. The highest BCUT2D eigenvalue weighted by molar-refractivity contribution is 5.07. The van der Waals surface area contributed by atoms with Gasteiger partial charge in [-0.15, -0.1) is 0 Å². The minimum absolute atomic E-state index is 0.0396. The summed E-state index contributed by atoms with van der Waals surface area (Å²) in [6.07, 6.45) is 12.1. The normalized spacial score (nSPS) is 57.1. The van der Waals surface area contributed by atoms with Gasteiger partial charge in [-0.2, -0.15) is 0 Å². The Balaban J connectivity index is 1.56. The molecule has 9 unspecified atom stereocenters. The van der Waals surface area contributed by atoms with Crippen LogP contribution in [0.15, 0.2) is 0 Å². The van der Waals surface area contributed by atoms with E-state index in [0.29, 0.717) is 5.41 Å². The summed E-state index contributed by atoms with van der Waals surface area (Å²) in [5.41, 5.74) is 0.0101. The molecule has 4 aliphatic carbocycles. The summed E-state index contributed by atoms with van der Waals surface area (Å²) in [5.74, 6) is 5.36. The second-order valence-corrected chi connectivity index (χ2v) is 10.2. The van der Waals surface area contributed by atoms with Crippen molar-refractivity contribution in [2.75, 3.05) is 7.11 Å². The summed E-state index contributed by atoms with van der Waals surface area (Å²) < 4.78 is 5.73. The maximum absolute atomic E-state index is 10.8. The first-order valence-corrected chi connectivity index (χ1v) is 10.7. The van der Waals surface area contributed by atoms with Crippen molar-refractivity contribution in [1.82, 2.24) is 0 Å². The van der Waals surface area contributed by atoms with Gasteiger partial charge in [-0.05, 0) is 99.2 Å². The maximum Gasteiger partial charge on any atom is 0.0882 e. The molecular formula is C22H38O2. The Hall–Kier alpha value is -0.0800. The van der Waals surface area contributed by atoms with E-state index in [1.54, 1.807) is 7.11 Å². The number of aliphatic hydroxyl groups is 1. The molecule has 0 aromatic carbocycles. The van der Waals surface area contributed by atoms with E-state index < -0.39 is 5.60 Å². The van der Waals surface area contributed by atoms with Crippen LogP contribution < -0.4 is 0 Å². The Morgan fingerprint density at radius 2 is 1.79 bits per heavy atom. The van der Waals surface area contributed by atoms with Gasteiger partial charge in [0.2, 0.25) is 0 Å². The fourth-order valence-electron chi connectivity index (χ4n) is 8.15. The third kappa shape index (κ3) is 2.42. The summed E-state index contributed by atoms with van der Waals surface area (Å²) in [6, 6.07) is 0. The van der Waals surface area contributed by atoms with Crippen molar-refractivity contribution < 1.29 is 9.84 Å². The highest BCUT2D eigenvalue weighted by atomic mass is 16.5. The van der Waals surface area contributed by atoms with E-state index in [0.717, 1.165) is 48.3 Å². The third-order valence-corrected chi connectivity index (χ3v) is 9.35. The molecule has 0 heterocycles. The van der Waals surface area contributed by atoms with Crippen LogP contribution in [-0.2, 0) is 4.74 Å². The Morgan fingerprint density at radius 1 is 1.00 bits per heavy atom. The van der Waals surface area contributed by atoms with Gasteiger partial charge in [0.15, 0.2) is 0 Å². The van der Waals surface area contributed by atoms with Crippen LogP contribution in [0.2, 0.25) is 0 Å². The summed E-state index contributed by atoms with van der Waals surface area (Å²) in [5, 5.41) is 10.8. The lowest BCUT2D eigenvalue weighted by Crippen LogP contribution is -2.55. The lowest BCUT2D eigenvalue weighted by atomic mass is 9.48. The number of rotatable bonds is 2. The molecule has 2 nitrogen and oxygen atoms in total. The van der Waals surface area contributed by atoms with Crippen LogP contribution in [-0.4, -0.2) is 23.9 Å². The van der Waals surface area contributed by atoms with Crippen molar-refractivity contribution in [2.45, 2.75) is 90.3 Å². The van der Waals surface area contributed by atoms with Gasteiger partial charge < -0.3 is 9.84 Å². The standard InChI is InChI=1S/C22H38O2/c1-5-15-7-9-19-17-8-6-14-13-22(3,23)20(24-4)12-18(14)16(17)10-11-21(15,19)2/h14-20,23H,5-13H2,1-4H3. The third-order valence-electron chi connectivity index (χ3n) is 9.35. The van der Waals surface area contributed by atoms with Crippen LogP contribution in [0.5, 0.6) is 0 Å². The molecule has 2 heteroatoms. The molecule has 0 bridgehead atoms. The van der Waals surface area contributed by atoms with E-state index in [-0.39, 0.29) is 6.10 Å². The SMILES string of the molecule is CCC1CCC2C3CCC4CC(C)(O)C(OC)CC4C3CCC12C. The minimum atomic E-state index is -0.618. The van der Waals surface area contributed by atoms with Crippen LogP contribution in [0.25, 0.3) is 0 Å². The molecule has 0 aromatic heterocycles. The van der Waals surface area contributed by atoms with E-state index in [1.165, 1.54) is 44.9 Å². The van der Waals surface area contributed by atoms with Gasteiger partial charge in [-0.25, -0.2) is 0 Å². The van der Waals surface area contributed by atoms with Gasteiger partial charge in [0.1, 0.15) is 0 Å². The Morgan fingerprint density at radius 3 is 2.50 bits per heavy atom. The molecule has 138 valence electrons. The molecule has 24 heavy (non-hydrogen) atoms. The average Bonchev–Trinajstić information content (AvgIpc) is 2.89. The number of fused-ring (bicyclic) bond motifs is 5. The number of hydrogen-bond acceptors (Lipinski definition) is 2. The van der Waals surface area contributed by atoms with Crippen molar-refractivity contribution in [3.05, 3.63) is 0 Å². The molecule has 1 N–H and O–H groups in total. The van der Waals surface area contributed by atoms with Crippen molar-refractivity contribution in [2.24, 2.45) is 40.9 Å². The molecule has 0 aliphatic heterocycles. The predicted molar refractivity (Wildman–Crippen MR) is 97.7 cm³/mol. The number of ether oxygens (including phenoxy) is 1. The van der Waals surface area contributed by atoms with Crippen molar-refractivity contribution >= 4 is 0 Å². The topological polar surface area (TPSA) is 29.5 Å². The molecule has 0 amide bonds. The molecule has 4 fully saturated rings. The van der Waals surface area contributed by atoms with Crippen molar-refractivity contribution in [3.63, 3.8) is 0 Å². The van der Waals surface area contributed by atoms with Crippen LogP contribution >= 0.6 is 0 Å². The van der Waals surface area contributed by atoms with Crippen LogP contribution in [0.3, 0.4) is 0 Å². The van der Waals surface area contributed by atoms with Crippen LogP contribution in [0, 0.1) is 40.9 Å². The van der Waals surface area contributed by atoms with Gasteiger partial charge in [0, 0.05) is 7.11 Å². The van der Waals surface area contributed by atoms with E-state index in [2.05, 4.69) is 13.8 Å². The highest BCUT2D eigenvalue weighted by Gasteiger charge is 2.58. The quantitative estimate of drug-likeness (QED) is 0.766. The second kappa shape index (κ2) is 5.98. The molecule has 0 aromatic rings. The maximum atomic E-state index is 10.8. The first-order chi connectivity index (χ1) is 11.4. The van der Waals surface area contributed by atoms with Crippen molar-refractivity contribution in [3.8, 4) is 0 Å². The van der Waals surface area contributed by atoms with Crippen LogP contribution in [0.4, 0.5) is 0 Å². The van der Waals surface area contributed by atoms with Gasteiger partial charge in [-0.1, -0.05) is 20.3 Å². The van der Waals surface area contributed by atoms with Gasteiger partial charge in [-0.3, -0.25) is 0 Å². The Kier molecular flexibility index (Phi) is 4.32. The molecule has 4 saturated carbocycles. The largest absolute Gasteiger partial charge is 0.387 e. The average molecular weight is 335 g/mol. The smallest absolute Gasteiger partial charge is 0.0882 e. The molecule has 9 atom stereocenters. The molecular weight excluding hydrogens is 296 g/mol. The van der Waals surface area contributed by atoms with E-state index >= 15 is 0 Å². The van der Waals surface area contributed by atoms with Gasteiger partial charge >= 0.3 is 0 Å². The molecule has 0 saturated heterocycles. The number of methoxy groups -OCH3 is 1. The summed E-state index contributed by atoms with van der Waals surface area (Å²) in [6.45, 7) is 7.04. The lowest BCUT2D eigenvalue weighted by molar-refractivity contribution is -0.164. The Bertz CT molecular complexity index is 473. The first kappa shape index (κ1) is 17.3. The molecule has 4 aliphatic rings. The minimum Gasteiger partial charge on any atom is -0.387 e. The van der Waals surface area contributed by atoms with E-state index in [4.69, 9.17) is 4.74 Å². The van der Waals surface area contributed by atoms with Crippen LogP contribution in [0.1, 0.15) is 78.6 Å². The number of hydrogen-bond donors (Lipinski definition) is 1. The molecule has 4 rings (SSSR count). The van der Waals surface area contributed by atoms with Gasteiger partial charge in [0.05, 0.1) is 11.7 Å². The molecule has 0 radical (unpaired) electrons. The summed E-state index contributed by atoms with van der Waals surface area (Å²) in [7, 11) is 1.79. The molecule has 0 spiro atoms.